The quantitative estimate of drug-likeness (QED) is 0.629. The normalized spacial score (nSPS) is 26.4. The molecule has 0 saturated carbocycles. The van der Waals surface area contributed by atoms with Crippen molar-refractivity contribution in [3.63, 3.8) is 0 Å². The Kier molecular flexibility index (Phi) is 2.20. The minimum absolute atomic E-state index is 0.493. The van der Waals surface area contributed by atoms with Gasteiger partial charge in [0.1, 0.15) is 6.54 Å². The molecule has 0 bridgehead atoms. The van der Waals surface area contributed by atoms with Gasteiger partial charge in [-0.25, -0.2) is 0 Å². The Balaban J connectivity index is 1.80. The van der Waals surface area contributed by atoms with Crippen LogP contribution in [0, 0.1) is 0 Å². The second-order valence-corrected chi connectivity index (χ2v) is 6.55. The van der Waals surface area contributed by atoms with Crippen LogP contribution >= 0.6 is 0 Å². The highest BCUT2D eigenvalue weighted by atomic mass is 15.2. The molecule has 2 heteroatoms. The van der Waals surface area contributed by atoms with Crippen molar-refractivity contribution in [2.24, 2.45) is 0 Å². The standard InChI is InChI=1S/C19H18N2/c1-12-10-16-15-8-4-5-9-17(15)20-18(16)19-14-7-3-2-6-13(14)11-21(12)19/h2-9,12,19-20H,10-11H2,1H3/p+1/t12-,19-/m1/s1. The number of aromatic amines is 1. The number of benzene rings is 2. The molecule has 3 heterocycles. The van der Waals surface area contributed by atoms with Crippen LogP contribution in [-0.2, 0) is 13.0 Å². The summed E-state index contributed by atoms with van der Waals surface area (Å²) < 4.78 is 0. The molecule has 0 fully saturated rings. The van der Waals surface area contributed by atoms with E-state index in [0.717, 1.165) is 6.54 Å². The van der Waals surface area contributed by atoms with E-state index >= 15 is 0 Å². The van der Waals surface area contributed by atoms with Gasteiger partial charge in [0.15, 0.2) is 6.04 Å². The van der Waals surface area contributed by atoms with Crippen molar-refractivity contribution in [3.8, 4) is 0 Å². The van der Waals surface area contributed by atoms with E-state index in [1.54, 1.807) is 10.5 Å². The first-order chi connectivity index (χ1) is 10.3. The number of nitrogens with one attached hydrogen (secondary N) is 2. The van der Waals surface area contributed by atoms with Crippen molar-refractivity contribution in [3.05, 3.63) is 70.9 Å². The summed E-state index contributed by atoms with van der Waals surface area (Å²) in [4.78, 5) is 5.43. The van der Waals surface area contributed by atoms with Crippen molar-refractivity contribution in [2.45, 2.75) is 32.0 Å². The zero-order chi connectivity index (χ0) is 14.0. The summed E-state index contributed by atoms with van der Waals surface area (Å²) >= 11 is 0. The van der Waals surface area contributed by atoms with Gasteiger partial charge in [0, 0.05) is 28.5 Å². The van der Waals surface area contributed by atoms with Gasteiger partial charge in [-0.1, -0.05) is 42.5 Å². The maximum atomic E-state index is 3.73. The van der Waals surface area contributed by atoms with Gasteiger partial charge in [0.05, 0.1) is 11.7 Å². The Morgan fingerprint density at radius 3 is 2.81 bits per heavy atom. The van der Waals surface area contributed by atoms with Gasteiger partial charge in [0.2, 0.25) is 0 Å². The maximum absolute atomic E-state index is 3.73. The predicted octanol–water partition coefficient (Wildman–Crippen LogP) is 2.60. The first-order valence-electron chi connectivity index (χ1n) is 7.86. The number of fused-ring (bicyclic) bond motifs is 7. The molecule has 0 radical (unpaired) electrons. The lowest BCUT2D eigenvalue weighted by molar-refractivity contribution is -0.957. The fourth-order valence-corrected chi connectivity index (χ4v) is 4.42. The molecule has 104 valence electrons. The topological polar surface area (TPSA) is 20.2 Å². The van der Waals surface area contributed by atoms with Crippen LogP contribution in [0.2, 0.25) is 0 Å². The molecule has 2 aliphatic heterocycles. The summed E-state index contributed by atoms with van der Waals surface area (Å²) in [7, 11) is 0. The molecule has 0 spiro atoms. The van der Waals surface area contributed by atoms with Crippen LogP contribution < -0.4 is 4.90 Å². The number of hydrogen-bond donors (Lipinski definition) is 2. The fraction of sp³-hybridized carbons (Fsp3) is 0.263. The van der Waals surface area contributed by atoms with Gasteiger partial charge in [0.25, 0.3) is 0 Å². The molecule has 2 aliphatic rings. The van der Waals surface area contributed by atoms with Gasteiger partial charge in [-0.05, 0) is 18.6 Å². The zero-order valence-electron chi connectivity index (χ0n) is 12.2. The van der Waals surface area contributed by atoms with Gasteiger partial charge in [-0.2, -0.15) is 0 Å². The summed E-state index contributed by atoms with van der Waals surface area (Å²) in [5.41, 5.74) is 7.33. The Morgan fingerprint density at radius 2 is 1.86 bits per heavy atom. The maximum Gasteiger partial charge on any atom is 0.155 e. The van der Waals surface area contributed by atoms with Crippen LogP contribution in [-0.4, -0.2) is 11.0 Å². The number of hydrogen-bond acceptors (Lipinski definition) is 0. The van der Waals surface area contributed by atoms with E-state index in [0.29, 0.717) is 12.1 Å². The average Bonchev–Trinajstić information content (AvgIpc) is 3.06. The highest BCUT2D eigenvalue weighted by Crippen LogP contribution is 2.36. The van der Waals surface area contributed by atoms with E-state index in [4.69, 9.17) is 0 Å². The zero-order valence-corrected chi connectivity index (χ0v) is 12.2. The predicted molar refractivity (Wildman–Crippen MR) is 84.4 cm³/mol. The number of para-hydroxylation sites is 1. The van der Waals surface area contributed by atoms with Crippen LogP contribution in [0.3, 0.4) is 0 Å². The lowest BCUT2D eigenvalue weighted by Gasteiger charge is -2.32. The van der Waals surface area contributed by atoms with Crippen LogP contribution in [0.1, 0.15) is 35.3 Å². The lowest BCUT2D eigenvalue weighted by Crippen LogP contribution is -3.14. The Labute approximate surface area is 124 Å². The van der Waals surface area contributed by atoms with Crippen LogP contribution in [0.5, 0.6) is 0 Å². The van der Waals surface area contributed by atoms with Crippen LogP contribution in [0.25, 0.3) is 10.9 Å². The molecule has 0 amide bonds. The van der Waals surface area contributed by atoms with E-state index in [1.807, 2.05) is 0 Å². The van der Waals surface area contributed by atoms with Gasteiger partial charge in [-0.3, -0.25) is 0 Å². The minimum atomic E-state index is 0.493. The first-order valence-corrected chi connectivity index (χ1v) is 7.86. The molecule has 21 heavy (non-hydrogen) atoms. The molecule has 3 atom stereocenters. The Morgan fingerprint density at radius 1 is 1.05 bits per heavy atom. The average molecular weight is 275 g/mol. The highest BCUT2D eigenvalue weighted by molar-refractivity contribution is 5.85. The molecule has 2 N–H and O–H groups in total. The molecule has 1 aromatic heterocycles. The largest absolute Gasteiger partial charge is 0.353 e. The van der Waals surface area contributed by atoms with E-state index in [-0.39, 0.29) is 0 Å². The number of H-pyrrole nitrogens is 1. The van der Waals surface area contributed by atoms with E-state index < -0.39 is 0 Å². The number of rotatable bonds is 0. The summed E-state index contributed by atoms with van der Waals surface area (Å²) in [6.45, 7) is 3.57. The molecule has 1 unspecified atom stereocenters. The third-order valence-electron chi connectivity index (χ3n) is 5.41. The SMILES string of the molecule is C[C@@H]1Cc2c([nH]c3ccccc23)[C@H]2c3ccccc3C[NH+]21. The van der Waals surface area contributed by atoms with Gasteiger partial charge < -0.3 is 9.88 Å². The molecule has 0 saturated heterocycles. The smallest absolute Gasteiger partial charge is 0.155 e. The molecule has 0 aliphatic carbocycles. The van der Waals surface area contributed by atoms with Crippen molar-refractivity contribution in [1.82, 2.24) is 4.98 Å². The second-order valence-electron chi connectivity index (χ2n) is 6.55. The first kappa shape index (κ1) is 11.6. The van der Waals surface area contributed by atoms with E-state index in [1.165, 1.54) is 34.1 Å². The highest BCUT2D eigenvalue weighted by Gasteiger charge is 2.44. The van der Waals surface area contributed by atoms with E-state index in [9.17, 15) is 0 Å². The third kappa shape index (κ3) is 1.46. The molecule has 2 nitrogen and oxygen atoms in total. The fourth-order valence-electron chi connectivity index (χ4n) is 4.42. The minimum Gasteiger partial charge on any atom is -0.353 e. The van der Waals surface area contributed by atoms with Crippen molar-refractivity contribution in [1.29, 1.82) is 0 Å². The summed E-state index contributed by atoms with van der Waals surface area (Å²) in [5.74, 6) is 0. The molecule has 2 aromatic carbocycles. The van der Waals surface area contributed by atoms with Crippen molar-refractivity contribution in [2.75, 3.05) is 0 Å². The number of quaternary nitrogens is 1. The molecule has 3 aromatic rings. The van der Waals surface area contributed by atoms with Gasteiger partial charge in [-0.15, -0.1) is 0 Å². The monoisotopic (exact) mass is 275 g/mol. The third-order valence-corrected chi connectivity index (χ3v) is 5.41. The molecular weight excluding hydrogens is 256 g/mol. The van der Waals surface area contributed by atoms with Crippen molar-refractivity contribution >= 4 is 10.9 Å². The Bertz CT molecular complexity index is 846. The Hall–Kier alpha value is -2.06. The van der Waals surface area contributed by atoms with Crippen LogP contribution in [0.4, 0.5) is 0 Å². The number of aromatic nitrogens is 1. The van der Waals surface area contributed by atoms with Crippen molar-refractivity contribution < 1.29 is 4.90 Å². The van der Waals surface area contributed by atoms with Crippen LogP contribution in [0.15, 0.2) is 48.5 Å². The molecular formula is C19H19N2+. The van der Waals surface area contributed by atoms with E-state index in [2.05, 4.69) is 60.4 Å². The molecule has 5 rings (SSSR count). The van der Waals surface area contributed by atoms with Gasteiger partial charge >= 0.3 is 0 Å². The summed E-state index contributed by atoms with van der Waals surface area (Å²) in [6.07, 6.45) is 1.18. The second kappa shape index (κ2) is 3.99. The summed E-state index contributed by atoms with van der Waals surface area (Å²) in [6, 6.07) is 18.9. The summed E-state index contributed by atoms with van der Waals surface area (Å²) in [5, 5.41) is 1.42. The lowest BCUT2D eigenvalue weighted by atomic mass is 9.91.